The lowest BCUT2D eigenvalue weighted by atomic mass is 10.3. The van der Waals surface area contributed by atoms with Crippen LogP contribution in [0.1, 0.15) is 5.82 Å². The molecule has 8 nitrogen and oxygen atoms in total. The van der Waals surface area contributed by atoms with E-state index < -0.39 is 12.8 Å². The average Bonchev–Trinajstić information content (AvgIpc) is 3.34. The first-order valence-electron chi connectivity index (χ1n) is 7.90. The van der Waals surface area contributed by atoms with Crippen molar-refractivity contribution in [1.29, 1.82) is 0 Å². The standard InChI is InChI=1S/C16H14ClF2N7O/c1-25-9-5-8(17)16(27-2)22-12(9)13(26-4-3-20-7-26)14(25)15-21-11(23-24-15)6-10(18)19/h3-5,7,10H,6H2,1-2H3,(H,21,23,24). The summed E-state index contributed by atoms with van der Waals surface area (Å²) in [5.74, 6) is 0.645. The van der Waals surface area contributed by atoms with Crippen LogP contribution in [-0.2, 0) is 13.5 Å². The van der Waals surface area contributed by atoms with E-state index in [9.17, 15) is 8.78 Å². The van der Waals surface area contributed by atoms with E-state index in [1.165, 1.54) is 7.11 Å². The van der Waals surface area contributed by atoms with Crippen LogP contribution in [0, 0.1) is 0 Å². The number of fused-ring (bicyclic) bond motifs is 1. The molecule has 4 aromatic heterocycles. The molecule has 0 atom stereocenters. The zero-order valence-electron chi connectivity index (χ0n) is 14.3. The molecule has 4 rings (SSSR count). The second-order valence-electron chi connectivity index (χ2n) is 5.77. The van der Waals surface area contributed by atoms with Gasteiger partial charge in [-0.05, 0) is 6.07 Å². The fourth-order valence-electron chi connectivity index (χ4n) is 2.96. The maximum atomic E-state index is 12.7. The molecule has 0 unspecified atom stereocenters. The van der Waals surface area contributed by atoms with E-state index in [1.54, 1.807) is 41.0 Å². The first-order chi connectivity index (χ1) is 13.0. The fraction of sp³-hybridized carbons (Fsp3) is 0.250. The number of aromatic nitrogens is 7. The first kappa shape index (κ1) is 17.4. The van der Waals surface area contributed by atoms with Crippen LogP contribution in [0.4, 0.5) is 8.78 Å². The third kappa shape index (κ3) is 2.91. The molecule has 0 aliphatic heterocycles. The van der Waals surface area contributed by atoms with Crippen molar-refractivity contribution in [2.75, 3.05) is 7.11 Å². The van der Waals surface area contributed by atoms with Crippen LogP contribution in [0.5, 0.6) is 5.88 Å². The summed E-state index contributed by atoms with van der Waals surface area (Å²) in [4.78, 5) is 12.8. The van der Waals surface area contributed by atoms with Gasteiger partial charge in [-0.15, -0.1) is 0 Å². The number of H-pyrrole nitrogens is 1. The molecule has 0 aliphatic carbocycles. The van der Waals surface area contributed by atoms with Gasteiger partial charge in [-0.25, -0.2) is 23.7 Å². The van der Waals surface area contributed by atoms with E-state index in [1.807, 2.05) is 0 Å². The number of pyridine rings is 1. The molecule has 0 amide bonds. The van der Waals surface area contributed by atoms with E-state index in [-0.39, 0.29) is 17.5 Å². The molecule has 27 heavy (non-hydrogen) atoms. The summed E-state index contributed by atoms with van der Waals surface area (Å²) in [6.07, 6.45) is 1.95. The van der Waals surface area contributed by atoms with E-state index >= 15 is 0 Å². The smallest absolute Gasteiger partial charge is 0.245 e. The maximum absolute atomic E-state index is 12.7. The molecule has 0 bridgehead atoms. The Morgan fingerprint density at radius 1 is 1.33 bits per heavy atom. The monoisotopic (exact) mass is 393 g/mol. The molecule has 0 radical (unpaired) electrons. The van der Waals surface area contributed by atoms with Crippen molar-refractivity contribution < 1.29 is 13.5 Å². The molecule has 0 spiro atoms. The van der Waals surface area contributed by atoms with Gasteiger partial charge in [0.05, 0.1) is 25.4 Å². The molecule has 0 fully saturated rings. The number of halogens is 3. The first-order valence-corrected chi connectivity index (χ1v) is 8.28. The number of alkyl halides is 2. The molecule has 0 aliphatic rings. The highest BCUT2D eigenvalue weighted by molar-refractivity contribution is 6.32. The van der Waals surface area contributed by atoms with Gasteiger partial charge in [0.15, 0.2) is 5.82 Å². The highest BCUT2D eigenvalue weighted by Crippen LogP contribution is 2.37. The van der Waals surface area contributed by atoms with Gasteiger partial charge in [0.2, 0.25) is 12.3 Å². The van der Waals surface area contributed by atoms with E-state index in [0.717, 1.165) is 0 Å². The van der Waals surface area contributed by atoms with Gasteiger partial charge < -0.3 is 13.9 Å². The number of nitrogens with one attached hydrogen (secondary N) is 1. The van der Waals surface area contributed by atoms with Gasteiger partial charge in [-0.2, -0.15) is 5.10 Å². The number of aryl methyl sites for hydroxylation is 1. The van der Waals surface area contributed by atoms with Gasteiger partial charge in [0.25, 0.3) is 0 Å². The van der Waals surface area contributed by atoms with Gasteiger partial charge in [0, 0.05) is 19.4 Å². The van der Waals surface area contributed by atoms with Crippen LogP contribution in [0.2, 0.25) is 5.02 Å². The highest BCUT2D eigenvalue weighted by Gasteiger charge is 2.24. The van der Waals surface area contributed by atoms with Crippen LogP contribution in [0.25, 0.3) is 28.2 Å². The zero-order chi connectivity index (χ0) is 19.1. The Labute approximate surface area is 156 Å². The Hall–Kier alpha value is -3.01. The Kier molecular flexibility index (Phi) is 4.27. The van der Waals surface area contributed by atoms with Crippen molar-refractivity contribution >= 4 is 22.6 Å². The highest BCUT2D eigenvalue weighted by atomic mass is 35.5. The van der Waals surface area contributed by atoms with Gasteiger partial charge in [0.1, 0.15) is 27.7 Å². The van der Waals surface area contributed by atoms with Crippen LogP contribution in [-0.4, -0.2) is 47.8 Å². The number of ether oxygens (including phenoxy) is 1. The summed E-state index contributed by atoms with van der Waals surface area (Å²) >= 11 is 6.23. The molecule has 4 aromatic rings. The molecular formula is C16H14ClF2N7O. The average molecular weight is 394 g/mol. The molecule has 0 aromatic carbocycles. The number of rotatable bonds is 5. The Morgan fingerprint density at radius 2 is 2.15 bits per heavy atom. The number of aromatic amines is 1. The van der Waals surface area contributed by atoms with Gasteiger partial charge >= 0.3 is 0 Å². The third-order valence-corrected chi connectivity index (χ3v) is 4.39. The number of methoxy groups -OCH3 is 1. The summed E-state index contributed by atoms with van der Waals surface area (Å²) < 4.78 is 34.1. The zero-order valence-corrected chi connectivity index (χ0v) is 15.1. The summed E-state index contributed by atoms with van der Waals surface area (Å²) in [7, 11) is 3.28. The molecular weight excluding hydrogens is 380 g/mol. The molecule has 0 saturated carbocycles. The largest absolute Gasteiger partial charge is 0.480 e. The summed E-state index contributed by atoms with van der Waals surface area (Å²) in [5.41, 5.74) is 2.52. The minimum absolute atomic E-state index is 0.102. The van der Waals surface area contributed by atoms with Crippen molar-refractivity contribution in [1.82, 2.24) is 34.3 Å². The maximum Gasteiger partial charge on any atom is 0.245 e. The predicted molar refractivity (Wildman–Crippen MR) is 94.5 cm³/mol. The summed E-state index contributed by atoms with van der Waals surface area (Å²) in [5, 5.41) is 7.03. The van der Waals surface area contributed by atoms with Crippen LogP contribution in [0.3, 0.4) is 0 Å². The molecule has 1 N–H and O–H groups in total. The number of imidazole rings is 1. The lowest BCUT2D eigenvalue weighted by molar-refractivity contribution is 0.146. The van der Waals surface area contributed by atoms with E-state index in [2.05, 4.69) is 25.1 Å². The van der Waals surface area contributed by atoms with Crippen LogP contribution < -0.4 is 4.74 Å². The Balaban J connectivity index is 2.00. The lowest BCUT2D eigenvalue weighted by Crippen LogP contribution is -2.00. The minimum Gasteiger partial charge on any atom is -0.480 e. The normalized spacial score (nSPS) is 11.6. The van der Waals surface area contributed by atoms with Crippen molar-refractivity contribution in [3.8, 4) is 23.1 Å². The van der Waals surface area contributed by atoms with Crippen LogP contribution >= 0.6 is 11.6 Å². The van der Waals surface area contributed by atoms with E-state index in [0.29, 0.717) is 27.4 Å². The van der Waals surface area contributed by atoms with Crippen LogP contribution in [0.15, 0.2) is 24.8 Å². The lowest BCUT2D eigenvalue weighted by Gasteiger charge is -2.04. The fourth-order valence-corrected chi connectivity index (χ4v) is 3.18. The van der Waals surface area contributed by atoms with Crippen molar-refractivity contribution in [3.63, 3.8) is 0 Å². The SMILES string of the molecule is COc1nc2c(-n3ccnc3)c(-c3n[nH]c(CC(F)F)n3)n(C)c2cc1Cl. The van der Waals surface area contributed by atoms with Crippen molar-refractivity contribution in [2.45, 2.75) is 12.8 Å². The molecule has 4 heterocycles. The summed E-state index contributed by atoms with van der Waals surface area (Å²) in [6, 6.07) is 1.72. The second-order valence-corrected chi connectivity index (χ2v) is 6.18. The van der Waals surface area contributed by atoms with Crippen molar-refractivity contribution in [3.05, 3.63) is 35.6 Å². The Morgan fingerprint density at radius 3 is 2.81 bits per heavy atom. The minimum atomic E-state index is -2.52. The number of hydrogen-bond donors (Lipinski definition) is 1. The van der Waals surface area contributed by atoms with Gasteiger partial charge in [-0.1, -0.05) is 11.6 Å². The summed E-state index contributed by atoms with van der Waals surface area (Å²) in [6.45, 7) is 0. The van der Waals surface area contributed by atoms with Crippen molar-refractivity contribution in [2.24, 2.45) is 7.05 Å². The predicted octanol–water partition coefficient (Wildman–Crippen LogP) is 3.01. The second kappa shape index (κ2) is 6.62. The Bertz CT molecular complexity index is 1100. The molecule has 11 heteroatoms. The topological polar surface area (TPSA) is 86.4 Å². The third-order valence-electron chi connectivity index (χ3n) is 4.12. The quantitative estimate of drug-likeness (QED) is 0.563. The van der Waals surface area contributed by atoms with E-state index in [4.69, 9.17) is 16.3 Å². The molecule has 140 valence electrons. The van der Waals surface area contributed by atoms with Gasteiger partial charge in [-0.3, -0.25) is 5.10 Å². The number of nitrogens with zero attached hydrogens (tertiary/aromatic N) is 6. The number of hydrogen-bond acceptors (Lipinski definition) is 5. The molecule has 0 saturated heterocycles.